The largest absolute Gasteiger partial charge is 0.497 e. The number of methoxy groups -OCH3 is 1. The van der Waals surface area contributed by atoms with Gasteiger partial charge in [0, 0.05) is 22.3 Å². The van der Waals surface area contributed by atoms with E-state index in [9.17, 15) is 4.79 Å². The van der Waals surface area contributed by atoms with Crippen molar-refractivity contribution in [3.63, 3.8) is 0 Å². The smallest absolute Gasteiger partial charge is 0.341 e. The first-order valence-electron chi connectivity index (χ1n) is 7.79. The van der Waals surface area contributed by atoms with E-state index in [1.54, 1.807) is 26.2 Å². The molecule has 0 radical (unpaired) electrons. The Balaban J connectivity index is 2.18. The van der Waals surface area contributed by atoms with E-state index in [1.165, 1.54) is 6.20 Å². The minimum absolute atomic E-state index is 0.283. The molecule has 0 atom stereocenters. The lowest BCUT2D eigenvalue weighted by Crippen LogP contribution is -2.09. The van der Waals surface area contributed by atoms with Crippen molar-refractivity contribution in [1.82, 2.24) is 4.98 Å². The molecule has 0 aliphatic rings. The molecule has 5 nitrogen and oxygen atoms in total. The van der Waals surface area contributed by atoms with Crippen LogP contribution in [0.25, 0.3) is 10.9 Å². The van der Waals surface area contributed by atoms with Gasteiger partial charge in [-0.3, -0.25) is 4.98 Å². The van der Waals surface area contributed by atoms with E-state index in [0.717, 1.165) is 16.6 Å². The zero-order valence-corrected chi connectivity index (χ0v) is 14.6. The Hall–Kier alpha value is -2.79. The minimum Gasteiger partial charge on any atom is -0.497 e. The Bertz CT molecular complexity index is 928. The standard InChI is InChI=1S/C19H17ClN2O3/c1-3-25-19(23)16-11-21-17-8-7-14(24-2)10-15(17)18(16)22-13-6-4-5-12(20)9-13/h4-11H,3H2,1-2H3,(H,21,22). The molecule has 0 unspecified atom stereocenters. The van der Waals surface area contributed by atoms with Gasteiger partial charge in [0.05, 0.1) is 24.9 Å². The molecule has 2 aromatic carbocycles. The molecule has 1 N–H and O–H groups in total. The summed E-state index contributed by atoms with van der Waals surface area (Å²) >= 11 is 6.07. The molecule has 0 amide bonds. The Morgan fingerprint density at radius 1 is 1.24 bits per heavy atom. The molecule has 25 heavy (non-hydrogen) atoms. The summed E-state index contributed by atoms with van der Waals surface area (Å²) in [5.41, 5.74) is 2.44. The molecule has 0 fully saturated rings. The summed E-state index contributed by atoms with van der Waals surface area (Å²) in [7, 11) is 1.59. The topological polar surface area (TPSA) is 60.5 Å². The van der Waals surface area contributed by atoms with Gasteiger partial charge in [-0.2, -0.15) is 0 Å². The lowest BCUT2D eigenvalue weighted by molar-refractivity contribution is 0.0527. The van der Waals surface area contributed by atoms with E-state index >= 15 is 0 Å². The van der Waals surface area contributed by atoms with Gasteiger partial charge in [-0.1, -0.05) is 17.7 Å². The third-order valence-electron chi connectivity index (χ3n) is 3.66. The van der Waals surface area contributed by atoms with Crippen LogP contribution >= 0.6 is 11.6 Å². The summed E-state index contributed by atoms with van der Waals surface area (Å²) in [4.78, 5) is 16.7. The van der Waals surface area contributed by atoms with Gasteiger partial charge in [-0.25, -0.2) is 4.79 Å². The number of halogens is 1. The van der Waals surface area contributed by atoms with Crippen LogP contribution in [-0.2, 0) is 4.74 Å². The van der Waals surface area contributed by atoms with E-state index in [0.29, 0.717) is 22.0 Å². The Kier molecular flexibility index (Phi) is 5.05. The van der Waals surface area contributed by atoms with Crippen molar-refractivity contribution in [2.24, 2.45) is 0 Å². The van der Waals surface area contributed by atoms with Crippen LogP contribution in [0, 0.1) is 0 Å². The molecular weight excluding hydrogens is 340 g/mol. The van der Waals surface area contributed by atoms with E-state index in [-0.39, 0.29) is 6.61 Å². The fourth-order valence-corrected chi connectivity index (χ4v) is 2.70. The van der Waals surface area contributed by atoms with Crippen molar-refractivity contribution in [3.05, 3.63) is 59.2 Å². The van der Waals surface area contributed by atoms with Gasteiger partial charge >= 0.3 is 5.97 Å². The van der Waals surface area contributed by atoms with Crippen molar-refractivity contribution in [3.8, 4) is 5.75 Å². The highest BCUT2D eigenvalue weighted by Gasteiger charge is 2.17. The molecule has 0 bridgehead atoms. The molecule has 3 rings (SSSR count). The first kappa shape index (κ1) is 17.0. The van der Waals surface area contributed by atoms with Crippen molar-refractivity contribution in [2.75, 3.05) is 19.0 Å². The number of nitrogens with one attached hydrogen (secondary N) is 1. The van der Waals surface area contributed by atoms with Crippen LogP contribution in [-0.4, -0.2) is 24.7 Å². The second-order valence-electron chi connectivity index (χ2n) is 5.29. The number of rotatable bonds is 5. The van der Waals surface area contributed by atoms with Crippen LogP contribution in [0.5, 0.6) is 5.75 Å². The number of fused-ring (bicyclic) bond motifs is 1. The molecule has 0 saturated heterocycles. The SMILES string of the molecule is CCOC(=O)c1cnc2ccc(OC)cc2c1Nc1cccc(Cl)c1. The molecule has 1 aromatic heterocycles. The van der Waals surface area contributed by atoms with Gasteiger partial charge in [0.1, 0.15) is 11.3 Å². The zero-order chi connectivity index (χ0) is 17.8. The van der Waals surface area contributed by atoms with Crippen LogP contribution in [0.2, 0.25) is 5.02 Å². The maximum absolute atomic E-state index is 12.4. The van der Waals surface area contributed by atoms with Crippen LogP contribution in [0.4, 0.5) is 11.4 Å². The van der Waals surface area contributed by atoms with Gasteiger partial charge in [-0.05, 0) is 43.3 Å². The van der Waals surface area contributed by atoms with Crippen molar-refractivity contribution in [2.45, 2.75) is 6.92 Å². The second-order valence-corrected chi connectivity index (χ2v) is 5.72. The van der Waals surface area contributed by atoms with Crippen molar-refractivity contribution >= 4 is 39.8 Å². The fourth-order valence-electron chi connectivity index (χ4n) is 2.51. The summed E-state index contributed by atoms with van der Waals surface area (Å²) in [5, 5.41) is 4.62. The molecule has 0 aliphatic heterocycles. The maximum atomic E-state index is 12.4. The maximum Gasteiger partial charge on any atom is 0.341 e. The highest BCUT2D eigenvalue weighted by atomic mass is 35.5. The average molecular weight is 357 g/mol. The van der Waals surface area contributed by atoms with E-state index in [1.807, 2.05) is 30.3 Å². The summed E-state index contributed by atoms with van der Waals surface area (Å²) in [6.45, 7) is 2.05. The summed E-state index contributed by atoms with van der Waals surface area (Å²) in [6, 6.07) is 12.8. The van der Waals surface area contributed by atoms with Crippen LogP contribution in [0.15, 0.2) is 48.7 Å². The number of carbonyl (C=O) groups is 1. The lowest BCUT2D eigenvalue weighted by Gasteiger charge is -2.15. The number of nitrogens with zero attached hydrogens (tertiary/aromatic N) is 1. The number of hydrogen-bond donors (Lipinski definition) is 1. The zero-order valence-electron chi connectivity index (χ0n) is 13.9. The summed E-state index contributed by atoms with van der Waals surface area (Å²) < 4.78 is 10.5. The van der Waals surface area contributed by atoms with Gasteiger partial charge < -0.3 is 14.8 Å². The van der Waals surface area contributed by atoms with Crippen LogP contribution in [0.3, 0.4) is 0 Å². The lowest BCUT2D eigenvalue weighted by atomic mass is 10.1. The number of esters is 1. The first-order chi connectivity index (χ1) is 12.1. The number of benzene rings is 2. The van der Waals surface area contributed by atoms with Gasteiger partial charge in [-0.15, -0.1) is 0 Å². The van der Waals surface area contributed by atoms with Gasteiger partial charge in [0.15, 0.2) is 0 Å². The monoisotopic (exact) mass is 356 g/mol. The number of ether oxygens (including phenoxy) is 2. The summed E-state index contributed by atoms with van der Waals surface area (Å²) in [6.07, 6.45) is 1.51. The highest BCUT2D eigenvalue weighted by Crippen LogP contribution is 2.32. The number of anilines is 2. The van der Waals surface area contributed by atoms with Crippen LogP contribution < -0.4 is 10.1 Å². The summed E-state index contributed by atoms with van der Waals surface area (Å²) in [5.74, 6) is 0.230. The predicted octanol–water partition coefficient (Wildman–Crippen LogP) is 4.82. The molecular formula is C19H17ClN2O3. The molecule has 0 aliphatic carbocycles. The average Bonchev–Trinajstić information content (AvgIpc) is 2.61. The van der Waals surface area contributed by atoms with E-state index in [2.05, 4.69) is 10.3 Å². The second kappa shape index (κ2) is 7.40. The minimum atomic E-state index is -0.441. The van der Waals surface area contributed by atoms with E-state index < -0.39 is 5.97 Å². The molecule has 1 heterocycles. The predicted molar refractivity (Wildman–Crippen MR) is 99.0 cm³/mol. The molecule has 0 saturated carbocycles. The normalized spacial score (nSPS) is 10.5. The molecule has 128 valence electrons. The Labute approximate surface area is 150 Å². The van der Waals surface area contributed by atoms with Crippen LogP contribution in [0.1, 0.15) is 17.3 Å². The molecule has 0 spiro atoms. The number of hydrogen-bond acceptors (Lipinski definition) is 5. The Morgan fingerprint density at radius 3 is 2.80 bits per heavy atom. The number of carbonyl (C=O) groups excluding carboxylic acids is 1. The van der Waals surface area contributed by atoms with Crippen molar-refractivity contribution < 1.29 is 14.3 Å². The first-order valence-corrected chi connectivity index (χ1v) is 8.16. The van der Waals surface area contributed by atoms with Gasteiger partial charge in [0.25, 0.3) is 0 Å². The number of aromatic nitrogens is 1. The fraction of sp³-hybridized carbons (Fsp3) is 0.158. The Morgan fingerprint density at radius 2 is 2.08 bits per heavy atom. The molecule has 6 heteroatoms. The molecule has 3 aromatic rings. The quantitative estimate of drug-likeness (QED) is 0.664. The third kappa shape index (κ3) is 3.67. The van der Waals surface area contributed by atoms with E-state index in [4.69, 9.17) is 21.1 Å². The van der Waals surface area contributed by atoms with Gasteiger partial charge in [0.2, 0.25) is 0 Å². The highest BCUT2D eigenvalue weighted by molar-refractivity contribution is 6.30. The number of pyridine rings is 1. The third-order valence-corrected chi connectivity index (χ3v) is 3.90. The van der Waals surface area contributed by atoms with Crippen molar-refractivity contribution in [1.29, 1.82) is 0 Å².